The first-order valence-corrected chi connectivity index (χ1v) is 11.6. The molecule has 5 atom stereocenters. The number of hydrogen-bond donors (Lipinski definition) is 1. The molecule has 4 nitrogen and oxygen atoms in total. The van der Waals surface area contributed by atoms with Gasteiger partial charge in [-0.2, -0.15) is 0 Å². The number of hydrogen-bond acceptors (Lipinski definition) is 4. The van der Waals surface area contributed by atoms with Crippen LogP contribution in [-0.2, 0) is 4.74 Å². The van der Waals surface area contributed by atoms with E-state index in [4.69, 9.17) is 16.3 Å². The molecular formula is C24H31ClFN3O. The van der Waals surface area contributed by atoms with Crippen LogP contribution in [0.25, 0.3) is 0 Å². The van der Waals surface area contributed by atoms with Gasteiger partial charge < -0.3 is 15.0 Å². The van der Waals surface area contributed by atoms with Gasteiger partial charge in [-0.05, 0) is 38.4 Å². The number of ether oxygens (including phenoxy) is 1. The number of likely N-dealkylation sites (N-methyl/N-ethyl adjacent to an activating group) is 1. The van der Waals surface area contributed by atoms with Gasteiger partial charge in [0, 0.05) is 61.2 Å². The molecule has 1 aliphatic carbocycles. The minimum Gasteiger partial charge on any atom is -0.379 e. The summed E-state index contributed by atoms with van der Waals surface area (Å²) >= 11 is 6.25. The maximum Gasteiger partial charge on any atom is 0.148 e. The number of piperazine rings is 1. The summed E-state index contributed by atoms with van der Waals surface area (Å²) in [5.74, 6) is 0.393. The topological polar surface area (TPSA) is 27.7 Å². The highest BCUT2D eigenvalue weighted by molar-refractivity contribution is 6.30. The molecular weight excluding hydrogens is 401 g/mol. The Kier molecular flexibility index (Phi) is 5.89. The van der Waals surface area contributed by atoms with E-state index in [1.807, 2.05) is 6.07 Å². The second kappa shape index (κ2) is 8.62. The molecule has 2 fully saturated rings. The minimum atomic E-state index is -0.277. The summed E-state index contributed by atoms with van der Waals surface area (Å²) in [6.07, 6.45) is 11.9. The third-order valence-electron chi connectivity index (χ3n) is 7.25. The van der Waals surface area contributed by atoms with Gasteiger partial charge in [-0.1, -0.05) is 35.9 Å². The van der Waals surface area contributed by atoms with Gasteiger partial charge in [-0.25, -0.2) is 4.39 Å². The number of rotatable bonds is 3. The maximum absolute atomic E-state index is 14.9. The summed E-state index contributed by atoms with van der Waals surface area (Å²) in [5.41, 5.74) is 1.47. The van der Waals surface area contributed by atoms with Crippen molar-refractivity contribution in [3.05, 3.63) is 52.8 Å². The van der Waals surface area contributed by atoms with Crippen LogP contribution >= 0.6 is 11.6 Å². The van der Waals surface area contributed by atoms with Crippen molar-refractivity contribution in [1.29, 1.82) is 0 Å². The maximum atomic E-state index is 14.9. The van der Waals surface area contributed by atoms with Crippen molar-refractivity contribution in [1.82, 2.24) is 9.80 Å². The van der Waals surface area contributed by atoms with E-state index >= 15 is 0 Å². The number of nitrogens with zero attached hydrogens (tertiary/aromatic N) is 2. The molecule has 30 heavy (non-hydrogen) atoms. The van der Waals surface area contributed by atoms with E-state index in [-0.39, 0.29) is 24.1 Å². The molecule has 1 unspecified atom stereocenters. The first-order chi connectivity index (χ1) is 14.6. The molecule has 2 saturated heterocycles. The average Bonchev–Trinajstić information content (AvgIpc) is 2.75. The SMILES string of the molecule is CN1CCN(C[C@H]2CC[C@@H]3[C@H](O2)c2cc(Cl)cc(F)c2N[C@H]3C2C=CC=CC2)CC1. The summed E-state index contributed by atoms with van der Waals surface area (Å²) in [4.78, 5) is 4.89. The highest BCUT2D eigenvalue weighted by atomic mass is 35.5. The predicted molar refractivity (Wildman–Crippen MR) is 119 cm³/mol. The third kappa shape index (κ3) is 4.05. The van der Waals surface area contributed by atoms with Gasteiger partial charge >= 0.3 is 0 Å². The van der Waals surface area contributed by atoms with Crippen molar-refractivity contribution in [3.8, 4) is 0 Å². The molecule has 0 saturated carbocycles. The monoisotopic (exact) mass is 431 g/mol. The van der Waals surface area contributed by atoms with Gasteiger partial charge in [-0.3, -0.25) is 4.90 Å². The zero-order valence-electron chi connectivity index (χ0n) is 17.6. The first kappa shape index (κ1) is 20.5. The Morgan fingerprint density at radius 2 is 2.00 bits per heavy atom. The fourth-order valence-electron chi connectivity index (χ4n) is 5.57. The number of benzene rings is 1. The quantitative estimate of drug-likeness (QED) is 0.763. The van der Waals surface area contributed by atoms with Gasteiger partial charge in [0.25, 0.3) is 0 Å². The van der Waals surface area contributed by atoms with Gasteiger partial charge in [-0.15, -0.1) is 0 Å². The molecule has 3 aliphatic heterocycles. The Morgan fingerprint density at radius 1 is 1.17 bits per heavy atom. The van der Waals surface area contributed by atoms with Crippen LogP contribution < -0.4 is 5.32 Å². The van der Waals surface area contributed by atoms with E-state index in [1.165, 1.54) is 6.07 Å². The Labute approximate surface area is 183 Å². The summed E-state index contributed by atoms with van der Waals surface area (Å²) in [6, 6.07) is 3.48. The number of fused-ring (bicyclic) bond motifs is 3. The molecule has 6 heteroatoms. The molecule has 162 valence electrons. The smallest absolute Gasteiger partial charge is 0.148 e. The van der Waals surface area contributed by atoms with E-state index < -0.39 is 0 Å². The highest BCUT2D eigenvalue weighted by Gasteiger charge is 2.45. The van der Waals surface area contributed by atoms with E-state index in [1.54, 1.807) is 0 Å². The lowest BCUT2D eigenvalue weighted by molar-refractivity contribution is -0.107. The zero-order chi connectivity index (χ0) is 20.7. The summed E-state index contributed by atoms with van der Waals surface area (Å²) in [5, 5.41) is 3.99. The third-order valence-corrected chi connectivity index (χ3v) is 7.47. The van der Waals surface area contributed by atoms with Gasteiger partial charge in [0.1, 0.15) is 5.82 Å². The van der Waals surface area contributed by atoms with Crippen LogP contribution in [0.4, 0.5) is 10.1 Å². The van der Waals surface area contributed by atoms with Crippen LogP contribution in [-0.4, -0.2) is 61.7 Å². The second-order valence-electron chi connectivity index (χ2n) is 9.26. The molecule has 0 radical (unpaired) electrons. The van der Waals surface area contributed by atoms with Crippen LogP contribution in [0.2, 0.25) is 5.02 Å². The van der Waals surface area contributed by atoms with E-state index in [9.17, 15) is 4.39 Å². The molecule has 0 spiro atoms. The van der Waals surface area contributed by atoms with Crippen LogP contribution in [0.5, 0.6) is 0 Å². The van der Waals surface area contributed by atoms with Crippen molar-refractivity contribution >= 4 is 17.3 Å². The molecule has 5 rings (SSSR count). The Hall–Kier alpha value is -1.40. The number of anilines is 1. The second-order valence-corrected chi connectivity index (χ2v) is 9.69. The van der Waals surface area contributed by atoms with Crippen LogP contribution in [0.1, 0.15) is 30.9 Å². The van der Waals surface area contributed by atoms with Crippen molar-refractivity contribution in [2.45, 2.75) is 37.5 Å². The van der Waals surface area contributed by atoms with E-state index in [0.29, 0.717) is 22.5 Å². The van der Waals surface area contributed by atoms with Crippen LogP contribution in [0.15, 0.2) is 36.4 Å². The van der Waals surface area contributed by atoms with Crippen molar-refractivity contribution < 1.29 is 9.13 Å². The molecule has 0 bridgehead atoms. The highest BCUT2D eigenvalue weighted by Crippen LogP contribution is 2.49. The predicted octanol–water partition coefficient (Wildman–Crippen LogP) is 4.49. The van der Waals surface area contributed by atoms with Crippen molar-refractivity contribution in [3.63, 3.8) is 0 Å². The Bertz CT molecular complexity index is 836. The molecule has 1 aromatic rings. The standard InChI is InChI=1S/C24H31ClFN3O/c1-28-9-11-29(12-10-28)15-18-7-8-19-22(16-5-3-2-4-6-16)27-23-20(24(19)30-18)13-17(25)14-21(23)26/h2-5,13-14,16,18-19,22,24,27H,6-12,15H2,1H3/t16?,18-,19+,22+,24+/m1/s1. The normalized spacial score (nSPS) is 34.3. The van der Waals surface area contributed by atoms with Gasteiger partial charge in [0.15, 0.2) is 0 Å². The van der Waals surface area contributed by atoms with Gasteiger partial charge in [0.2, 0.25) is 0 Å². The largest absolute Gasteiger partial charge is 0.379 e. The molecule has 0 aromatic heterocycles. The van der Waals surface area contributed by atoms with Crippen LogP contribution in [0.3, 0.4) is 0 Å². The Balaban J connectivity index is 1.39. The lowest BCUT2D eigenvalue weighted by Gasteiger charge is -2.48. The summed E-state index contributed by atoms with van der Waals surface area (Å²) in [6.45, 7) is 5.35. The van der Waals surface area contributed by atoms with E-state index in [2.05, 4.69) is 46.5 Å². The fraction of sp³-hybridized carbons (Fsp3) is 0.583. The molecule has 1 N–H and O–H groups in total. The Morgan fingerprint density at radius 3 is 2.77 bits per heavy atom. The first-order valence-electron chi connectivity index (χ1n) is 11.2. The van der Waals surface area contributed by atoms with Gasteiger partial charge in [0.05, 0.1) is 17.9 Å². The number of nitrogens with one attached hydrogen (secondary N) is 1. The van der Waals surface area contributed by atoms with Crippen molar-refractivity contribution in [2.75, 3.05) is 45.1 Å². The lowest BCUT2D eigenvalue weighted by atomic mass is 9.73. The zero-order valence-corrected chi connectivity index (χ0v) is 18.3. The molecule has 0 amide bonds. The molecule has 3 heterocycles. The number of allylic oxidation sites excluding steroid dienone is 3. The fourth-order valence-corrected chi connectivity index (χ4v) is 5.78. The summed E-state index contributed by atoms with van der Waals surface area (Å²) < 4.78 is 21.6. The molecule has 1 aromatic carbocycles. The average molecular weight is 432 g/mol. The van der Waals surface area contributed by atoms with Crippen LogP contribution in [0, 0.1) is 17.7 Å². The molecule has 4 aliphatic rings. The lowest BCUT2D eigenvalue weighted by Crippen LogP contribution is -2.51. The van der Waals surface area contributed by atoms with E-state index in [0.717, 1.165) is 57.5 Å². The minimum absolute atomic E-state index is 0.107. The number of halogens is 2. The van der Waals surface area contributed by atoms with Crippen molar-refractivity contribution in [2.24, 2.45) is 11.8 Å². The summed E-state index contributed by atoms with van der Waals surface area (Å²) in [7, 11) is 2.18.